The summed E-state index contributed by atoms with van der Waals surface area (Å²) >= 11 is 3.34. The van der Waals surface area contributed by atoms with E-state index in [2.05, 4.69) is 21.2 Å². The maximum atomic E-state index is 12.3. The number of likely N-dealkylation sites (N-methyl/N-ethyl adjacent to an activating group) is 1. The minimum Gasteiger partial charge on any atom is -0.378 e. The molecule has 1 saturated heterocycles. The van der Waals surface area contributed by atoms with Crippen LogP contribution in [-0.2, 0) is 9.53 Å². The molecule has 1 amide bonds. The minimum absolute atomic E-state index is 0.00769. The molecule has 1 aliphatic heterocycles. The maximum absolute atomic E-state index is 12.3. The van der Waals surface area contributed by atoms with Crippen molar-refractivity contribution in [3.8, 4) is 0 Å². The number of Topliss-reactive ketones (excluding diaryl/α,β-unsaturated/α-hetero) is 1. The van der Waals surface area contributed by atoms with E-state index in [0.717, 1.165) is 4.47 Å². The Morgan fingerprint density at radius 1 is 1.40 bits per heavy atom. The molecule has 0 aromatic heterocycles. The molecule has 0 radical (unpaired) electrons. The van der Waals surface area contributed by atoms with Gasteiger partial charge < -0.3 is 10.1 Å². The highest BCUT2D eigenvalue weighted by molar-refractivity contribution is 9.10. The Labute approximate surface area is 126 Å². The van der Waals surface area contributed by atoms with Crippen LogP contribution in [0.1, 0.15) is 10.4 Å². The van der Waals surface area contributed by atoms with Crippen molar-refractivity contribution in [2.75, 3.05) is 33.4 Å². The molecule has 1 heterocycles. The van der Waals surface area contributed by atoms with Crippen molar-refractivity contribution in [3.05, 3.63) is 34.3 Å². The normalized spacial score (nSPS) is 19.6. The number of ether oxygens (including phenoxy) is 1. The van der Waals surface area contributed by atoms with Gasteiger partial charge in [-0.15, -0.1) is 0 Å². The molecule has 108 valence electrons. The summed E-state index contributed by atoms with van der Waals surface area (Å²) in [6.07, 6.45) is 0. The molecule has 20 heavy (non-hydrogen) atoms. The third-order valence-corrected chi connectivity index (χ3v) is 3.83. The van der Waals surface area contributed by atoms with Crippen LogP contribution in [0.4, 0.5) is 0 Å². The Bertz CT molecular complexity index is 490. The van der Waals surface area contributed by atoms with Gasteiger partial charge in [0.1, 0.15) is 6.04 Å². The quantitative estimate of drug-likeness (QED) is 0.833. The first-order chi connectivity index (χ1) is 9.61. The zero-order valence-electron chi connectivity index (χ0n) is 11.3. The summed E-state index contributed by atoms with van der Waals surface area (Å²) in [6.45, 7) is 1.68. The van der Waals surface area contributed by atoms with Gasteiger partial charge in [0.25, 0.3) is 0 Å². The lowest BCUT2D eigenvalue weighted by Gasteiger charge is -2.33. The first-order valence-electron chi connectivity index (χ1n) is 6.44. The van der Waals surface area contributed by atoms with Gasteiger partial charge in [-0.25, -0.2) is 0 Å². The van der Waals surface area contributed by atoms with Crippen molar-refractivity contribution in [2.45, 2.75) is 6.04 Å². The van der Waals surface area contributed by atoms with Crippen molar-refractivity contribution in [3.63, 3.8) is 0 Å². The van der Waals surface area contributed by atoms with Gasteiger partial charge in [-0.2, -0.15) is 0 Å². The summed E-state index contributed by atoms with van der Waals surface area (Å²) in [5.74, 6) is -0.110. The fourth-order valence-electron chi connectivity index (χ4n) is 2.15. The van der Waals surface area contributed by atoms with Crippen LogP contribution in [0.15, 0.2) is 28.7 Å². The SMILES string of the molecule is CNC(=O)C1COCCN1CC(=O)c1ccc(Br)cc1. The van der Waals surface area contributed by atoms with E-state index in [1.54, 1.807) is 19.2 Å². The van der Waals surface area contributed by atoms with Crippen molar-refractivity contribution < 1.29 is 14.3 Å². The number of ketones is 1. The summed E-state index contributed by atoms with van der Waals surface area (Å²) in [7, 11) is 1.59. The van der Waals surface area contributed by atoms with E-state index >= 15 is 0 Å². The number of hydrogen-bond donors (Lipinski definition) is 1. The average molecular weight is 341 g/mol. The lowest BCUT2D eigenvalue weighted by atomic mass is 10.1. The summed E-state index contributed by atoms with van der Waals surface area (Å²) in [4.78, 5) is 25.9. The Kier molecular flexibility index (Phi) is 5.28. The zero-order valence-corrected chi connectivity index (χ0v) is 12.9. The number of nitrogens with one attached hydrogen (secondary N) is 1. The van der Waals surface area contributed by atoms with Crippen LogP contribution in [0.5, 0.6) is 0 Å². The zero-order chi connectivity index (χ0) is 14.5. The summed E-state index contributed by atoms with van der Waals surface area (Å²) in [5, 5.41) is 2.61. The van der Waals surface area contributed by atoms with E-state index in [0.29, 0.717) is 25.3 Å². The first kappa shape index (κ1) is 15.2. The molecular weight excluding hydrogens is 324 g/mol. The number of carbonyl (C=O) groups is 2. The monoisotopic (exact) mass is 340 g/mol. The minimum atomic E-state index is -0.395. The molecule has 6 heteroatoms. The van der Waals surface area contributed by atoms with Crippen LogP contribution in [0.3, 0.4) is 0 Å². The number of halogens is 1. The van der Waals surface area contributed by atoms with E-state index in [1.807, 2.05) is 17.0 Å². The van der Waals surface area contributed by atoms with E-state index < -0.39 is 6.04 Å². The molecule has 1 aromatic rings. The van der Waals surface area contributed by atoms with Crippen LogP contribution >= 0.6 is 15.9 Å². The van der Waals surface area contributed by atoms with Crippen LogP contribution in [0, 0.1) is 0 Å². The van der Waals surface area contributed by atoms with Gasteiger partial charge in [-0.1, -0.05) is 28.1 Å². The highest BCUT2D eigenvalue weighted by Crippen LogP contribution is 2.13. The predicted molar refractivity (Wildman–Crippen MR) is 78.7 cm³/mol. The topological polar surface area (TPSA) is 58.6 Å². The van der Waals surface area contributed by atoms with Crippen molar-refractivity contribution >= 4 is 27.6 Å². The lowest BCUT2D eigenvalue weighted by molar-refractivity contribution is -0.131. The Morgan fingerprint density at radius 3 is 2.75 bits per heavy atom. The molecule has 1 unspecified atom stereocenters. The number of carbonyl (C=O) groups excluding carboxylic acids is 2. The first-order valence-corrected chi connectivity index (χ1v) is 7.23. The molecule has 0 spiro atoms. The molecule has 0 bridgehead atoms. The van der Waals surface area contributed by atoms with Crippen LogP contribution in [-0.4, -0.2) is 56.0 Å². The second-order valence-corrected chi connectivity index (χ2v) is 5.52. The van der Waals surface area contributed by atoms with E-state index in [-0.39, 0.29) is 18.2 Å². The van der Waals surface area contributed by atoms with Crippen molar-refractivity contribution in [2.24, 2.45) is 0 Å². The third-order valence-electron chi connectivity index (χ3n) is 3.30. The van der Waals surface area contributed by atoms with Gasteiger partial charge in [-0.05, 0) is 12.1 Å². The number of benzene rings is 1. The van der Waals surface area contributed by atoms with Gasteiger partial charge >= 0.3 is 0 Å². The smallest absolute Gasteiger partial charge is 0.239 e. The Hall–Kier alpha value is -1.24. The number of rotatable bonds is 4. The molecule has 1 fully saturated rings. The van der Waals surface area contributed by atoms with E-state index in [4.69, 9.17) is 4.74 Å². The van der Waals surface area contributed by atoms with Crippen LogP contribution < -0.4 is 5.32 Å². The van der Waals surface area contributed by atoms with Crippen LogP contribution in [0.25, 0.3) is 0 Å². The third kappa shape index (κ3) is 3.65. The molecule has 1 atom stereocenters. The molecule has 5 nitrogen and oxygen atoms in total. The van der Waals surface area contributed by atoms with E-state index in [9.17, 15) is 9.59 Å². The lowest BCUT2D eigenvalue weighted by Crippen LogP contribution is -2.54. The summed E-state index contributed by atoms with van der Waals surface area (Å²) in [6, 6.07) is 6.84. The number of amides is 1. The van der Waals surface area contributed by atoms with Gasteiger partial charge in [0.15, 0.2) is 5.78 Å². The van der Waals surface area contributed by atoms with Gasteiger partial charge in [-0.3, -0.25) is 14.5 Å². The van der Waals surface area contributed by atoms with Gasteiger partial charge in [0.2, 0.25) is 5.91 Å². The Balaban J connectivity index is 2.04. The molecule has 1 aliphatic rings. The standard InChI is InChI=1S/C14H17BrN2O3/c1-16-14(19)12-9-20-7-6-17(12)8-13(18)10-2-4-11(15)5-3-10/h2-5,12H,6-9H2,1H3,(H,16,19). The average Bonchev–Trinajstić information content (AvgIpc) is 2.47. The summed E-state index contributed by atoms with van der Waals surface area (Å²) < 4.78 is 6.25. The second-order valence-electron chi connectivity index (χ2n) is 4.61. The van der Waals surface area contributed by atoms with Crippen LogP contribution in [0.2, 0.25) is 0 Å². The molecular formula is C14H17BrN2O3. The molecule has 2 rings (SSSR count). The Morgan fingerprint density at radius 2 is 2.10 bits per heavy atom. The number of hydrogen-bond acceptors (Lipinski definition) is 4. The maximum Gasteiger partial charge on any atom is 0.239 e. The number of morpholine rings is 1. The largest absolute Gasteiger partial charge is 0.378 e. The second kappa shape index (κ2) is 6.97. The predicted octanol–water partition coefficient (Wildman–Crippen LogP) is 1.08. The highest BCUT2D eigenvalue weighted by atomic mass is 79.9. The highest BCUT2D eigenvalue weighted by Gasteiger charge is 2.30. The molecule has 0 saturated carbocycles. The van der Waals surface area contributed by atoms with Crippen molar-refractivity contribution in [1.29, 1.82) is 0 Å². The number of nitrogens with zero attached hydrogens (tertiary/aromatic N) is 1. The molecule has 0 aliphatic carbocycles. The fraction of sp³-hybridized carbons (Fsp3) is 0.429. The fourth-order valence-corrected chi connectivity index (χ4v) is 2.41. The van der Waals surface area contributed by atoms with Gasteiger partial charge in [0.05, 0.1) is 19.8 Å². The molecule has 1 aromatic carbocycles. The van der Waals surface area contributed by atoms with E-state index in [1.165, 1.54) is 0 Å². The molecule has 1 N–H and O–H groups in total. The van der Waals surface area contributed by atoms with Gasteiger partial charge in [0, 0.05) is 23.6 Å². The summed E-state index contributed by atoms with van der Waals surface area (Å²) in [5.41, 5.74) is 0.648. The van der Waals surface area contributed by atoms with Crippen molar-refractivity contribution in [1.82, 2.24) is 10.2 Å².